The van der Waals surface area contributed by atoms with E-state index in [-0.39, 0.29) is 17.6 Å². The van der Waals surface area contributed by atoms with E-state index in [2.05, 4.69) is 0 Å². The lowest BCUT2D eigenvalue weighted by molar-refractivity contribution is -0.127. The first kappa shape index (κ1) is 18.9. The van der Waals surface area contributed by atoms with Crippen molar-refractivity contribution >= 4 is 17.8 Å². The molecular formula is C23H25NO3. The molecule has 1 heterocycles. The van der Waals surface area contributed by atoms with Crippen LogP contribution in [0.5, 0.6) is 5.75 Å². The summed E-state index contributed by atoms with van der Waals surface area (Å²) < 4.78 is 5.13. The predicted molar refractivity (Wildman–Crippen MR) is 107 cm³/mol. The molecule has 27 heavy (non-hydrogen) atoms. The zero-order valence-electron chi connectivity index (χ0n) is 15.9. The lowest BCUT2D eigenvalue weighted by atomic mass is 9.89. The molecule has 0 atom stereocenters. The molecule has 1 saturated heterocycles. The highest BCUT2D eigenvalue weighted by molar-refractivity contribution is 5.98. The first-order valence-corrected chi connectivity index (χ1v) is 9.29. The highest BCUT2D eigenvalue weighted by Gasteiger charge is 2.27. The molecule has 0 aliphatic carbocycles. The number of Topliss-reactive ketones (excluding diaryl/α,β-unsaturated/α-hetero) is 1. The summed E-state index contributed by atoms with van der Waals surface area (Å²) in [7, 11) is 1.61. The van der Waals surface area contributed by atoms with Crippen LogP contribution in [-0.4, -0.2) is 36.8 Å². The van der Waals surface area contributed by atoms with Crippen LogP contribution >= 0.6 is 0 Å². The maximum absolute atomic E-state index is 12.7. The molecule has 0 saturated carbocycles. The lowest BCUT2D eigenvalue weighted by Gasteiger charge is -2.30. The Bertz CT molecular complexity index is 814. The second kappa shape index (κ2) is 8.67. The minimum Gasteiger partial charge on any atom is -0.497 e. The normalized spacial score (nSPS) is 15.1. The van der Waals surface area contributed by atoms with Crippen LogP contribution in [0, 0.1) is 12.8 Å². The van der Waals surface area contributed by atoms with E-state index >= 15 is 0 Å². The molecule has 4 nitrogen and oxygen atoms in total. The molecule has 1 aliphatic heterocycles. The number of piperidine rings is 1. The van der Waals surface area contributed by atoms with Crippen molar-refractivity contribution in [2.24, 2.45) is 5.92 Å². The Morgan fingerprint density at radius 2 is 1.63 bits per heavy atom. The molecule has 1 amide bonds. The number of methoxy groups -OCH3 is 1. The molecule has 4 heteroatoms. The molecule has 2 aromatic carbocycles. The highest BCUT2D eigenvalue weighted by Crippen LogP contribution is 2.23. The van der Waals surface area contributed by atoms with Gasteiger partial charge in [0.15, 0.2) is 5.78 Å². The number of hydrogen-bond acceptors (Lipinski definition) is 3. The Balaban J connectivity index is 1.53. The molecule has 0 aromatic heterocycles. The first-order valence-electron chi connectivity index (χ1n) is 9.29. The largest absolute Gasteiger partial charge is 0.497 e. The van der Waals surface area contributed by atoms with E-state index in [0.29, 0.717) is 31.5 Å². The van der Waals surface area contributed by atoms with Crippen molar-refractivity contribution in [3.8, 4) is 5.75 Å². The Hall–Kier alpha value is -2.88. The Morgan fingerprint density at radius 1 is 1.00 bits per heavy atom. The second-order valence-electron chi connectivity index (χ2n) is 6.94. The number of likely N-dealkylation sites (tertiary alicyclic amines) is 1. The first-order chi connectivity index (χ1) is 13.1. The Kier molecular flexibility index (Phi) is 6.07. The topological polar surface area (TPSA) is 46.6 Å². The maximum atomic E-state index is 12.7. The van der Waals surface area contributed by atoms with Gasteiger partial charge in [-0.15, -0.1) is 0 Å². The summed E-state index contributed by atoms with van der Waals surface area (Å²) in [5, 5.41) is 0. The third-order valence-electron chi connectivity index (χ3n) is 5.05. The smallest absolute Gasteiger partial charge is 0.246 e. The number of rotatable bonds is 5. The van der Waals surface area contributed by atoms with Gasteiger partial charge in [-0.25, -0.2) is 0 Å². The summed E-state index contributed by atoms with van der Waals surface area (Å²) in [6.07, 6.45) is 4.87. The van der Waals surface area contributed by atoms with Crippen LogP contribution in [0.3, 0.4) is 0 Å². The van der Waals surface area contributed by atoms with Gasteiger partial charge in [0.05, 0.1) is 7.11 Å². The molecule has 140 valence electrons. The van der Waals surface area contributed by atoms with Gasteiger partial charge in [0.1, 0.15) is 5.75 Å². The van der Waals surface area contributed by atoms with Crippen LogP contribution < -0.4 is 4.74 Å². The van der Waals surface area contributed by atoms with Crippen molar-refractivity contribution < 1.29 is 14.3 Å². The van der Waals surface area contributed by atoms with Gasteiger partial charge in [-0.05, 0) is 55.7 Å². The van der Waals surface area contributed by atoms with Crippen LogP contribution in [0.2, 0.25) is 0 Å². The van der Waals surface area contributed by atoms with Gasteiger partial charge in [-0.1, -0.05) is 29.8 Å². The number of hydrogen-bond donors (Lipinski definition) is 0. The number of carbonyl (C=O) groups is 2. The molecule has 0 radical (unpaired) electrons. The molecule has 1 fully saturated rings. The van der Waals surface area contributed by atoms with Gasteiger partial charge >= 0.3 is 0 Å². The number of ketones is 1. The third-order valence-corrected chi connectivity index (χ3v) is 5.05. The second-order valence-corrected chi connectivity index (χ2v) is 6.94. The third kappa shape index (κ3) is 4.85. The minimum atomic E-state index is -0.0245. The van der Waals surface area contributed by atoms with E-state index in [4.69, 9.17) is 4.74 Å². The van der Waals surface area contributed by atoms with Crippen LogP contribution in [0.15, 0.2) is 54.6 Å². The number of carbonyl (C=O) groups excluding carboxylic acids is 2. The van der Waals surface area contributed by atoms with E-state index in [9.17, 15) is 9.59 Å². The average Bonchev–Trinajstić information content (AvgIpc) is 2.73. The maximum Gasteiger partial charge on any atom is 0.246 e. The monoisotopic (exact) mass is 363 g/mol. The van der Waals surface area contributed by atoms with Crippen LogP contribution in [-0.2, 0) is 4.79 Å². The van der Waals surface area contributed by atoms with Gasteiger partial charge < -0.3 is 9.64 Å². The van der Waals surface area contributed by atoms with Crippen molar-refractivity contribution in [3.63, 3.8) is 0 Å². The molecule has 0 N–H and O–H groups in total. The zero-order valence-corrected chi connectivity index (χ0v) is 15.9. The molecule has 1 aliphatic rings. The summed E-state index contributed by atoms with van der Waals surface area (Å²) in [4.78, 5) is 26.9. The molecule has 2 aromatic rings. The number of amides is 1. The predicted octanol–water partition coefficient (Wildman–Crippen LogP) is 4.14. The molecule has 0 unspecified atom stereocenters. The number of ether oxygens (including phenoxy) is 1. The quantitative estimate of drug-likeness (QED) is 0.592. The van der Waals surface area contributed by atoms with E-state index in [0.717, 1.165) is 11.3 Å². The van der Waals surface area contributed by atoms with Crippen LogP contribution in [0.25, 0.3) is 6.08 Å². The summed E-state index contributed by atoms with van der Waals surface area (Å²) >= 11 is 0. The van der Waals surface area contributed by atoms with Crippen LogP contribution in [0.1, 0.15) is 34.3 Å². The Morgan fingerprint density at radius 3 is 2.22 bits per heavy atom. The average molecular weight is 363 g/mol. The number of benzene rings is 2. The standard InChI is InChI=1S/C23H25NO3/c1-17-3-5-18(6-4-17)7-12-22(25)24-15-13-20(14-16-24)23(26)19-8-10-21(27-2)11-9-19/h3-12,20H,13-16H2,1-2H3/b12-7+. The van der Waals surface area contributed by atoms with E-state index in [1.165, 1.54) is 5.56 Å². The van der Waals surface area contributed by atoms with Crippen molar-refractivity contribution in [1.82, 2.24) is 4.90 Å². The van der Waals surface area contributed by atoms with Crippen molar-refractivity contribution in [2.45, 2.75) is 19.8 Å². The van der Waals surface area contributed by atoms with Gasteiger partial charge in [0.2, 0.25) is 5.91 Å². The SMILES string of the molecule is COc1ccc(C(=O)C2CCN(C(=O)/C=C/c3ccc(C)cc3)CC2)cc1. The minimum absolute atomic E-state index is 0.00548. The van der Waals surface area contributed by atoms with Crippen molar-refractivity contribution in [2.75, 3.05) is 20.2 Å². The fourth-order valence-corrected chi connectivity index (χ4v) is 3.30. The Labute approximate surface area is 160 Å². The molecule has 3 rings (SSSR count). The fraction of sp³-hybridized carbons (Fsp3) is 0.304. The van der Waals surface area contributed by atoms with Gasteiger partial charge in [-0.3, -0.25) is 9.59 Å². The van der Waals surface area contributed by atoms with Gasteiger partial charge in [-0.2, -0.15) is 0 Å². The fourth-order valence-electron chi connectivity index (χ4n) is 3.30. The lowest BCUT2D eigenvalue weighted by Crippen LogP contribution is -2.39. The molecular weight excluding hydrogens is 338 g/mol. The van der Waals surface area contributed by atoms with E-state index in [1.807, 2.05) is 66.4 Å². The van der Waals surface area contributed by atoms with Crippen molar-refractivity contribution in [1.29, 1.82) is 0 Å². The van der Waals surface area contributed by atoms with Gasteiger partial charge in [0, 0.05) is 30.6 Å². The van der Waals surface area contributed by atoms with Gasteiger partial charge in [0.25, 0.3) is 0 Å². The summed E-state index contributed by atoms with van der Waals surface area (Å²) in [5.41, 5.74) is 2.92. The highest BCUT2D eigenvalue weighted by atomic mass is 16.5. The van der Waals surface area contributed by atoms with Crippen molar-refractivity contribution in [3.05, 3.63) is 71.3 Å². The summed E-state index contributed by atoms with van der Waals surface area (Å²) in [6, 6.07) is 15.3. The van der Waals surface area contributed by atoms with E-state index in [1.54, 1.807) is 13.2 Å². The summed E-state index contributed by atoms with van der Waals surface area (Å²) in [5.74, 6) is 0.877. The number of nitrogens with zero attached hydrogens (tertiary/aromatic N) is 1. The van der Waals surface area contributed by atoms with E-state index < -0.39 is 0 Å². The zero-order chi connectivity index (χ0) is 19.2. The summed E-state index contributed by atoms with van der Waals surface area (Å²) in [6.45, 7) is 3.27. The van der Waals surface area contributed by atoms with Crippen LogP contribution in [0.4, 0.5) is 0 Å². The number of aryl methyl sites for hydroxylation is 1. The molecule has 0 spiro atoms. The molecule has 0 bridgehead atoms.